The molecule has 17 heavy (non-hydrogen) atoms. The molecule has 1 aliphatic rings. The van der Waals surface area contributed by atoms with Crippen molar-refractivity contribution in [3.63, 3.8) is 0 Å². The van der Waals surface area contributed by atoms with Crippen LogP contribution in [0.15, 0.2) is 24.3 Å². The summed E-state index contributed by atoms with van der Waals surface area (Å²) < 4.78 is 0. The van der Waals surface area contributed by atoms with Crippen LogP contribution in [-0.2, 0) is 0 Å². The number of hydrogen-bond donors (Lipinski definition) is 1. The van der Waals surface area contributed by atoms with Crippen molar-refractivity contribution in [2.75, 3.05) is 19.6 Å². The topological polar surface area (TPSA) is 29.3 Å². The van der Waals surface area contributed by atoms with Crippen LogP contribution in [0.5, 0.6) is 0 Å². The first-order chi connectivity index (χ1) is 8.20. The average molecular weight is 253 g/mol. The number of rotatable bonds is 3. The van der Waals surface area contributed by atoms with Gasteiger partial charge in [0.2, 0.25) is 0 Å². The van der Waals surface area contributed by atoms with Crippen LogP contribution in [0.2, 0.25) is 5.02 Å². The second kappa shape index (κ2) is 5.85. The molecule has 1 aromatic rings. The van der Waals surface area contributed by atoms with Crippen molar-refractivity contribution in [3.05, 3.63) is 34.9 Å². The van der Waals surface area contributed by atoms with E-state index in [9.17, 15) is 0 Å². The smallest absolute Gasteiger partial charge is 0.0471 e. The third-order valence-corrected chi connectivity index (χ3v) is 3.82. The van der Waals surface area contributed by atoms with Crippen molar-refractivity contribution in [3.8, 4) is 0 Å². The van der Waals surface area contributed by atoms with Gasteiger partial charge in [0.15, 0.2) is 0 Å². The molecule has 1 aromatic carbocycles. The predicted molar refractivity (Wildman–Crippen MR) is 73.2 cm³/mol. The van der Waals surface area contributed by atoms with Crippen molar-refractivity contribution in [1.82, 2.24) is 4.90 Å². The highest BCUT2D eigenvalue weighted by Crippen LogP contribution is 2.27. The number of hydrogen-bond acceptors (Lipinski definition) is 2. The largest absolute Gasteiger partial charge is 0.329 e. The Morgan fingerprint density at radius 3 is 3.00 bits per heavy atom. The first-order valence-corrected chi connectivity index (χ1v) is 6.78. The minimum Gasteiger partial charge on any atom is -0.329 e. The lowest BCUT2D eigenvalue weighted by Gasteiger charge is -2.37. The summed E-state index contributed by atoms with van der Waals surface area (Å²) >= 11 is 6.05. The van der Waals surface area contributed by atoms with Gasteiger partial charge in [-0.2, -0.15) is 0 Å². The summed E-state index contributed by atoms with van der Waals surface area (Å²) in [5.74, 6) is 0.775. The quantitative estimate of drug-likeness (QED) is 0.896. The van der Waals surface area contributed by atoms with Gasteiger partial charge in [-0.25, -0.2) is 0 Å². The van der Waals surface area contributed by atoms with Gasteiger partial charge in [0.1, 0.15) is 0 Å². The second-order valence-electron chi connectivity index (χ2n) is 5.05. The van der Waals surface area contributed by atoms with Crippen LogP contribution in [0, 0.1) is 5.92 Å². The zero-order valence-corrected chi connectivity index (χ0v) is 11.2. The number of nitrogens with zero attached hydrogens (tertiary/aromatic N) is 1. The van der Waals surface area contributed by atoms with Crippen LogP contribution in [0.3, 0.4) is 0 Å². The zero-order valence-electron chi connectivity index (χ0n) is 10.4. The maximum Gasteiger partial charge on any atom is 0.0471 e. The highest BCUT2D eigenvalue weighted by atomic mass is 35.5. The van der Waals surface area contributed by atoms with E-state index in [4.69, 9.17) is 17.3 Å². The predicted octanol–water partition coefficient (Wildman–Crippen LogP) is 3.07. The number of halogens is 1. The Morgan fingerprint density at radius 1 is 1.53 bits per heavy atom. The van der Waals surface area contributed by atoms with Crippen molar-refractivity contribution < 1.29 is 0 Å². The summed E-state index contributed by atoms with van der Waals surface area (Å²) in [6.07, 6.45) is 2.61. The molecule has 2 N–H and O–H groups in total. The van der Waals surface area contributed by atoms with E-state index in [-0.39, 0.29) is 0 Å². The normalized spacial score (nSPS) is 23.6. The third-order valence-electron chi connectivity index (χ3n) is 3.59. The van der Waals surface area contributed by atoms with E-state index in [0.29, 0.717) is 12.6 Å². The lowest BCUT2D eigenvalue weighted by molar-refractivity contribution is 0.133. The molecule has 0 bridgehead atoms. The Kier molecular flexibility index (Phi) is 4.43. The SMILES string of the molecule is C[C@H]1CCCN([C@@H](CN)c2cccc(Cl)c2)C1. The molecular weight excluding hydrogens is 232 g/mol. The van der Waals surface area contributed by atoms with Gasteiger partial charge in [-0.3, -0.25) is 4.90 Å². The van der Waals surface area contributed by atoms with Crippen LogP contribution < -0.4 is 5.73 Å². The molecular formula is C14H21ClN2. The van der Waals surface area contributed by atoms with Crippen molar-refractivity contribution in [1.29, 1.82) is 0 Å². The Bertz CT molecular complexity index is 367. The second-order valence-corrected chi connectivity index (χ2v) is 5.49. The monoisotopic (exact) mass is 252 g/mol. The van der Waals surface area contributed by atoms with Gasteiger partial charge < -0.3 is 5.73 Å². The zero-order chi connectivity index (χ0) is 12.3. The molecule has 0 unspecified atom stereocenters. The fourth-order valence-electron chi connectivity index (χ4n) is 2.72. The Balaban J connectivity index is 2.15. The molecule has 0 aromatic heterocycles. The number of nitrogens with two attached hydrogens (primary N) is 1. The van der Waals surface area contributed by atoms with Crippen molar-refractivity contribution in [2.45, 2.75) is 25.8 Å². The molecule has 1 fully saturated rings. The van der Waals surface area contributed by atoms with E-state index in [1.807, 2.05) is 18.2 Å². The van der Waals surface area contributed by atoms with E-state index in [1.165, 1.54) is 18.4 Å². The van der Waals surface area contributed by atoms with Gasteiger partial charge in [-0.15, -0.1) is 0 Å². The van der Waals surface area contributed by atoms with E-state index in [1.54, 1.807) is 0 Å². The Hall–Kier alpha value is -0.570. The molecule has 0 radical (unpaired) electrons. The first-order valence-electron chi connectivity index (χ1n) is 6.40. The van der Waals surface area contributed by atoms with Crippen LogP contribution in [0.1, 0.15) is 31.4 Å². The van der Waals surface area contributed by atoms with Crippen molar-refractivity contribution in [2.24, 2.45) is 11.7 Å². The minimum absolute atomic E-state index is 0.316. The van der Waals surface area contributed by atoms with Crippen LogP contribution in [-0.4, -0.2) is 24.5 Å². The summed E-state index contributed by atoms with van der Waals surface area (Å²) in [5.41, 5.74) is 7.19. The van der Waals surface area contributed by atoms with E-state index >= 15 is 0 Å². The van der Waals surface area contributed by atoms with Gasteiger partial charge in [0, 0.05) is 24.2 Å². The molecule has 3 heteroatoms. The fourth-order valence-corrected chi connectivity index (χ4v) is 2.92. The van der Waals surface area contributed by atoms with Gasteiger partial charge in [0.25, 0.3) is 0 Å². The van der Waals surface area contributed by atoms with E-state index in [0.717, 1.165) is 24.0 Å². The van der Waals surface area contributed by atoms with Gasteiger partial charge in [-0.05, 0) is 43.0 Å². The molecule has 1 heterocycles. The van der Waals surface area contributed by atoms with Crippen LogP contribution in [0.4, 0.5) is 0 Å². The summed E-state index contributed by atoms with van der Waals surface area (Å²) in [7, 11) is 0. The molecule has 2 atom stereocenters. The molecule has 1 saturated heterocycles. The lowest BCUT2D eigenvalue weighted by Crippen LogP contribution is -2.40. The third kappa shape index (κ3) is 3.21. The van der Waals surface area contributed by atoms with E-state index in [2.05, 4.69) is 17.9 Å². The van der Waals surface area contributed by atoms with Gasteiger partial charge in [0.05, 0.1) is 0 Å². The number of benzene rings is 1. The molecule has 2 nitrogen and oxygen atoms in total. The van der Waals surface area contributed by atoms with Crippen molar-refractivity contribution >= 4 is 11.6 Å². The molecule has 0 spiro atoms. The summed E-state index contributed by atoms with van der Waals surface area (Å²) in [6.45, 7) is 5.28. The summed E-state index contributed by atoms with van der Waals surface area (Å²) in [4.78, 5) is 2.50. The lowest BCUT2D eigenvalue weighted by atomic mass is 9.96. The fraction of sp³-hybridized carbons (Fsp3) is 0.571. The minimum atomic E-state index is 0.316. The maximum absolute atomic E-state index is 6.05. The molecule has 2 rings (SSSR count). The molecule has 0 amide bonds. The molecule has 1 aliphatic heterocycles. The maximum atomic E-state index is 6.05. The Labute approximate surface area is 109 Å². The standard InChI is InChI=1S/C14H21ClN2/c1-11-4-3-7-17(10-11)14(9-16)12-5-2-6-13(15)8-12/h2,5-6,8,11,14H,3-4,7,9-10,16H2,1H3/t11-,14-/m0/s1. The number of piperidine rings is 1. The summed E-state index contributed by atoms with van der Waals surface area (Å²) in [5, 5.41) is 0.797. The highest BCUT2D eigenvalue weighted by Gasteiger charge is 2.24. The molecule has 0 saturated carbocycles. The molecule has 0 aliphatic carbocycles. The average Bonchev–Trinajstić information content (AvgIpc) is 2.30. The molecule has 94 valence electrons. The van der Waals surface area contributed by atoms with Crippen LogP contribution >= 0.6 is 11.6 Å². The van der Waals surface area contributed by atoms with Gasteiger partial charge in [-0.1, -0.05) is 30.7 Å². The first kappa shape index (κ1) is 12.9. The summed E-state index contributed by atoms with van der Waals surface area (Å²) in [6, 6.07) is 8.41. The highest BCUT2D eigenvalue weighted by molar-refractivity contribution is 6.30. The van der Waals surface area contributed by atoms with Crippen LogP contribution in [0.25, 0.3) is 0 Å². The van der Waals surface area contributed by atoms with E-state index < -0.39 is 0 Å². The van der Waals surface area contributed by atoms with Gasteiger partial charge >= 0.3 is 0 Å². The Morgan fingerprint density at radius 2 is 2.35 bits per heavy atom. The number of likely N-dealkylation sites (tertiary alicyclic amines) is 1.